The lowest BCUT2D eigenvalue weighted by Gasteiger charge is -2.24. The van der Waals surface area contributed by atoms with Gasteiger partial charge in [0, 0.05) is 5.56 Å². The van der Waals surface area contributed by atoms with Gasteiger partial charge in [-0.25, -0.2) is 9.18 Å². The second kappa shape index (κ2) is 9.09. The fourth-order valence-corrected chi connectivity index (χ4v) is 3.26. The summed E-state index contributed by atoms with van der Waals surface area (Å²) in [4.78, 5) is 31.3. The van der Waals surface area contributed by atoms with Crippen LogP contribution in [-0.2, 0) is 6.54 Å². The van der Waals surface area contributed by atoms with Crippen LogP contribution in [0.25, 0.3) is 10.9 Å². The van der Waals surface area contributed by atoms with Crippen molar-refractivity contribution in [3.63, 3.8) is 0 Å². The minimum Gasteiger partial charge on any atom is -0.338 e. The van der Waals surface area contributed by atoms with Gasteiger partial charge in [-0.3, -0.25) is 4.79 Å². The van der Waals surface area contributed by atoms with Crippen molar-refractivity contribution in [2.45, 2.75) is 20.4 Å². The lowest BCUT2D eigenvalue weighted by atomic mass is 10.0. The van der Waals surface area contributed by atoms with Crippen molar-refractivity contribution in [2.24, 2.45) is 0 Å². The number of urea groups is 1. The van der Waals surface area contributed by atoms with Crippen LogP contribution in [0.5, 0.6) is 0 Å². The standard InChI is InChI=1S/C23H27FN4O2/c1-15-9-10-17-13-18(22(29)26-21(17)16(15)2)14-28(12-11-27(3)4)23(30)25-20-8-6-5-7-19(20)24/h5-10,13H,11-12,14H2,1-4H3,(H,25,30)(H,26,29)/p+1. The molecule has 0 spiro atoms. The average Bonchev–Trinajstić information content (AvgIpc) is 2.70. The van der Waals surface area contributed by atoms with E-state index in [4.69, 9.17) is 0 Å². The SMILES string of the molecule is Cc1ccc2cc(CN(CC[NH+](C)C)C(=O)Nc3ccccc3F)c(=O)[nH]c2c1C. The number of halogens is 1. The van der Waals surface area contributed by atoms with Crippen LogP contribution in [0.4, 0.5) is 14.9 Å². The molecule has 1 heterocycles. The summed E-state index contributed by atoms with van der Waals surface area (Å²) in [5, 5.41) is 3.54. The van der Waals surface area contributed by atoms with Crippen LogP contribution in [-0.4, -0.2) is 43.1 Å². The van der Waals surface area contributed by atoms with E-state index in [2.05, 4.69) is 10.3 Å². The molecule has 0 aliphatic heterocycles. The Hall–Kier alpha value is -3.19. The topological polar surface area (TPSA) is 69.6 Å². The molecule has 158 valence electrons. The number of carbonyl (C=O) groups excluding carboxylic acids is 1. The minimum absolute atomic E-state index is 0.114. The number of hydrogen-bond donors (Lipinski definition) is 3. The van der Waals surface area contributed by atoms with Crippen molar-refractivity contribution in [3.8, 4) is 0 Å². The number of para-hydroxylation sites is 1. The predicted molar refractivity (Wildman–Crippen MR) is 118 cm³/mol. The molecule has 0 fully saturated rings. The number of nitrogens with zero attached hydrogens (tertiary/aromatic N) is 1. The molecular weight excluding hydrogens is 383 g/mol. The van der Waals surface area contributed by atoms with Gasteiger partial charge in [-0.05, 0) is 48.6 Å². The summed E-state index contributed by atoms with van der Waals surface area (Å²) < 4.78 is 14.0. The zero-order chi connectivity index (χ0) is 21.8. The maximum Gasteiger partial charge on any atom is 0.322 e. The number of pyridine rings is 1. The first-order valence-corrected chi connectivity index (χ1v) is 9.98. The first-order valence-electron chi connectivity index (χ1n) is 9.98. The quantitative estimate of drug-likeness (QED) is 0.583. The Morgan fingerprint density at radius 1 is 1.17 bits per heavy atom. The molecule has 0 radical (unpaired) electrons. The van der Waals surface area contributed by atoms with E-state index in [1.54, 1.807) is 12.1 Å². The molecule has 3 N–H and O–H groups in total. The molecule has 0 atom stereocenters. The van der Waals surface area contributed by atoms with Crippen molar-refractivity contribution >= 4 is 22.6 Å². The van der Waals surface area contributed by atoms with Gasteiger partial charge >= 0.3 is 6.03 Å². The van der Waals surface area contributed by atoms with Gasteiger partial charge in [0.15, 0.2) is 0 Å². The van der Waals surface area contributed by atoms with E-state index >= 15 is 0 Å². The molecule has 1 aromatic heterocycles. The summed E-state index contributed by atoms with van der Waals surface area (Å²) in [6.45, 7) is 5.22. The normalized spacial score (nSPS) is 11.1. The van der Waals surface area contributed by atoms with Gasteiger partial charge in [0.2, 0.25) is 0 Å². The Labute approximate surface area is 175 Å². The molecule has 0 bridgehead atoms. The molecule has 0 saturated carbocycles. The van der Waals surface area contributed by atoms with Gasteiger partial charge < -0.3 is 20.1 Å². The highest BCUT2D eigenvalue weighted by Crippen LogP contribution is 2.20. The van der Waals surface area contributed by atoms with Crippen molar-refractivity contribution in [2.75, 3.05) is 32.5 Å². The summed E-state index contributed by atoms with van der Waals surface area (Å²) in [7, 11) is 3.97. The first kappa shape index (κ1) is 21.5. The van der Waals surface area contributed by atoms with E-state index in [1.807, 2.05) is 46.1 Å². The molecule has 2 amide bonds. The number of fused-ring (bicyclic) bond motifs is 1. The Morgan fingerprint density at radius 2 is 1.90 bits per heavy atom. The fraction of sp³-hybridized carbons (Fsp3) is 0.304. The number of aromatic amines is 1. The van der Waals surface area contributed by atoms with Gasteiger partial charge in [0.05, 0.1) is 44.9 Å². The number of amides is 2. The third-order valence-electron chi connectivity index (χ3n) is 5.27. The second-order valence-electron chi connectivity index (χ2n) is 7.88. The molecule has 2 aromatic carbocycles. The highest BCUT2D eigenvalue weighted by Gasteiger charge is 2.19. The van der Waals surface area contributed by atoms with E-state index in [1.165, 1.54) is 17.0 Å². The molecule has 0 unspecified atom stereocenters. The van der Waals surface area contributed by atoms with E-state index < -0.39 is 11.8 Å². The third-order valence-corrected chi connectivity index (χ3v) is 5.27. The highest BCUT2D eigenvalue weighted by atomic mass is 19.1. The van der Waals surface area contributed by atoms with Gasteiger partial charge in [-0.15, -0.1) is 0 Å². The van der Waals surface area contributed by atoms with Gasteiger partial charge in [0.25, 0.3) is 5.56 Å². The zero-order valence-corrected chi connectivity index (χ0v) is 17.8. The first-order chi connectivity index (χ1) is 14.3. The smallest absolute Gasteiger partial charge is 0.322 e. The van der Waals surface area contributed by atoms with Crippen molar-refractivity contribution < 1.29 is 14.1 Å². The third kappa shape index (κ3) is 4.86. The number of H-pyrrole nitrogens is 1. The minimum atomic E-state index is -0.501. The number of nitrogens with one attached hydrogen (secondary N) is 3. The van der Waals surface area contributed by atoms with Crippen molar-refractivity contribution in [3.05, 3.63) is 75.3 Å². The number of rotatable bonds is 6. The van der Waals surface area contributed by atoms with E-state index in [9.17, 15) is 14.0 Å². The number of anilines is 1. The van der Waals surface area contributed by atoms with Crippen LogP contribution in [0.3, 0.4) is 0 Å². The molecule has 0 aliphatic carbocycles. The Balaban J connectivity index is 1.90. The number of carbonyl (C=O) groups is 1. The van der Waals surface area contributed by atoms with Crippen LogP contribution in [0, 0.1) is 19.7 Å². The lowest BCUT2D eigenvalue weighted by molar-refractivity contribution is -0.857. The summed E-state index contributed by atoms with van der Waals surface area (Å²) in [6, 6.07) is 11.4. The maximum absolute atomic E-state index is 14.0. The summed E-state index contributed by atoms with van der Waals surface area (Å²) in [5.74, 6) is -0.501. The zero-order valence-electron chi connectivity index (χ0n) is 17.8. The van der Waals surface area contributed by atoms with E-state index in [0.29, 0.717) is 18.7 Å². The van der Waals surface area contributed by atoms with E-state index in [-0.39, 0.29) is 17.8 Å². The second-order valence-corrected chi connectivity index (χ2v) is 7.88. The molecule has 0 aliphatic rings. The lowest BCUT2D eigenvalue weighted by Crippen LogP contribution is -3.06. The largest absolute Gasteiger partial charge is 0.338 e. The predicted octanol–water partition coefficient (Wildman–Crippen LogP) is 2.46. The number of aryl methyl sites for hydroxylation is 2. The molecular formula is C23H28FN4O2+. The Bertz CT molecular complexity index is 1120. The highest BCUT2D eigenvalue weighted by molar-refractivity contribution is 5.89. The average molecular weight is 412 g/mol. The maximum atomic E-state index is 14.0. The molecule has 6 nitrogen and oxygen atoms in total. The number of benzene rings is 2. The summed E-state index contributed by atoms with van der Waals surface area (Å²) in [5.41, 5.74) is 3.32. The summed E-state index contributed by atoms with van der Waals surface area (Å²) >= 11 is 0. The van der Waals surface area contributed by atoms with Gasteiger partial charge in [-0.1, -0.05) is 24.3 Å². The van der Waals surface area contributed by atoms with Crippen LogP contribution in [0.2, 0.25) is 0 Å². The molecule has 7 heteroatoms. The number of aromatic nitrogens is 1. The fourth-order valence-electron chi connectivity index (χ4n) is 3.26. The molecule has 3 rings (SSSR count). The number of quaternary nitrogens is 1. The van der Waals surface area contributed by atoms with Crippen molar-refractivity contribution in [1.82, 2.24) is 9.88 Å². The van der Waals surface area contributed by atoms with Gasteiger partial charge in [-0.2, -0.15) is 0 Å². The van der Waals surface area contributed by atoms with Crippen LogP contribution in [0.1, 0.15) is 16.7 Å². The van der Waals surface area contributed by atoms with E-state index in [0.717, 1.165) is 26.9 Å². The van der Waals surface area contributed by atoms with Crippen LogP contribution < -0.4 is 15.8 Å². The Morgan fingerprint density at radius 3 is 2.60 bits per heavy atom. The van der Waals surface area contributed by atoms with Crippen molar-refractivity contribution in [1.29, 1.82) is 0 Å². The monoisotopic (exact) mass is 411 g/mol. The van der Waals surface area contributed by atoms with Crippen LogP contribution in [0.15, 0.2) is 47.3 Å². The Kier molecular flexibility index (Phi) is 6.52. The van der Waals surface area contributed by atoms with Gasteiger partial charge in [0.1, 0.15) is 5.82 Å². The van der Waals surface area contributed by atoms with Crippen LogP contribution >= 0.6 is 0 Å². The molecule has 0 saturated heterocycles. The number of likely N-dealkylation sites (N-methyl/N-ethyl adjacent to an activating group) is 1. The molecule has 30 heavy (non-hydrogen) atoms. The summed E-state index contributed by atoms with van der Waals surface area (Å²) in [6.07, 6.45) is 0. The number of hydrogen-bond acceptors (Lipinski definition) is 2. The molecule has 3 aromatic rings.